The first-order chi connectivity index (χ1) is 8.79. The lowest BCUT2D eigenvalue weighted by molar-refractivity contribution is 0.0995. The zero-order valence-electron chi connectivity index (χ0n) is 11.6. The van der Waals surface area contributed by atoms with Crippen molar-refractivity contribution in [1.82, 2.24) is 15.1 Å². The molecule has 0 bridgehead atoms. The summed E-state index contributed by atoms with van der Waals surface area (Å²) >= 11 is 0. The molecule has 2 heterocycles. The largest absolute Gasteiger partial charge is 0.378 e. The van der Waals surface area contributed by atoms with Gasteiger partial charge in [0.15, 0.2) is 0 Å². The van der Waals surface area contributed by atoms with Crippen LogP contribution in [0.2, 0.25) is 0 Å². The fraction of sp³-hybridized carbons (Fsp3) is 0.786. The van der Waals surface area contributed by atoms with E-state index in [1.54, 1.807) is 0 Å². The van der Waals surface area contributed by atoms with Gasteiger partial charge < -0.3 is 10.1 Å². The Hall–Kier alpha value is -0.870. The molecule has 1 aliphatic heterocycles. The quantitative estimate of drug-likeness (QED) is 0.804. The highest BCUT2D eigenvalue weighted by molar-refractivity contribution is 5.00. The fourth-order valence-electron chi connectivity index (χ4n) is 2.66. The third-order valence-corrected chi connectivity index (χ3v) is 3.94. The van der Waals surface area contributed by atoms with Crippen LogP contribution in [0.3, 0.4) is 0 Å². The summed E-state index contributed by atoms with van der Waals surface area (Å²) in [5.41, 5.74) is 1.31. The molecule has 2 rings (SSSR count). The Labute approximate surface area is 110 Å². The summed E-state index contributed by atoms with van der Waals surface area (Å²) in [5.74, 6) is 0. The Balaban J connectivity index is 1.70. The standard InChI is InChI=1S/C14H25N3O/c1-15-12(6-8-14-4-3-11-18-14)5-7-13-9-10-16-17(13)2/h9-10,12,14-15H,3-8,11H2,1-2H3. The second-order valence-corrected chi connectivity index (χ2v) is 5.18. The van der Waals surface area contributed by atoms with Crippen LogP contribution in [-0.4, -0.2) is 35.6 Å². The van der Waals surface area contributed by atoms with Crippen LogP contribution in [0.1, 0.15) is 37.8 Å². The molecule has 0 amide bonds. The van der Waals surface area contributed by atoms with Gasteiger partial charge in [-0.3, -0.25) is 4.68 Å². The number of aryl methyl sites for hydroxylation is 2. The van der Waals surface area contributed by atoms with Gasteiger partial charge >= 0.3 is 0 Å². The Morgan fingerprint density at radius 3 is 3.06 bits per heavy atom. The molecule has 2 atom stereocenters. The van der Waals surface area contributed by atoms with Crippen molar-refractivity contribution >= 4 is 0 Å². The molecule has 1 aliphatic rings. The second kappa shape index (κ2) is 6.90. The molecule has 1 fully saturated rings. The zero-order valence-corrected chi connectivity index (χ0v) is 11.6. The summed E-state index contributed by atoms with van der Waals surface area (Å²) in [7, 11) is 4.07. The number of aromatic nitrogens is 2. The fourth-order valence-corrected chi connectivity index (χ4v) is 2.66. The SMILES string of the molecule is CNC(CCc1ccnn1C)CCC1CCCO1. The number of hydrogen-bond acceptors (Lipinski definition) is 3. The van der Waals surface area contributed by atoms with Crippen molar-refractivity contribution in [3.63, 3.8) is 0 Å². The highest BCUT2D eigenvalue weighted by atomic mass is 16.5. The van der Waals surface area contributed by atoms with E-state index >= 15 is 0 Å². The molecule has 0 radical (unpaired) electrons. The molecule has 1 aromatic heterocycles. The molecule has 0 saturated carbocycles. The van der Waals surface area contributed by atoms with Gasteiger partial charge in [-0.25, -0.2) is 0 Å². The summed E-state index contributed by atoms with van der Waals surface area (Å²) in [6.45, 7) is 0.962. The Morgan fingerprint density at radius 2 is 2.44 bits per heavy atom. The molecule has 4 heteroatoms. The van der Waals surface area contributed by atoms with Crippen molar-refractivity contribution in [1.29, 1.82) is 0 Å². The Bertz CT molecular complexity index is 345. The van der Waals surface area contributed by atoms with Gasteiger partial charge in [0.25, 0.3) is 0 Å². The van der Waals surface area contributed by atoms with E-state index in [0.29, 0.717) is 12.1 Å². The molecule has 1 N–H and O–H groups in total. The molecule has 2 unspecified atom stereocenters. The first-order valence-corrected chi connectivity index (χ1v) is 7.05. The summed E-state index contributed by atoms with van der Waals surface area (Å²) < 4.78 is 7.64. The number of nitrogens with one attached hydrogen (secondary N) is 1. The maximum absolute atomic E-state index is 5.68. The van der Waals surface area contributed by atoms with Crippen LogP contribution in [0.5, 0.6) is 0 Å². The maximum Gasteiger partial charge on any atom is 0.0576 e. The molecule has 18 heavy (non-hydrogen) atoms. The third-order valence-electron chi connectivity index (χ3n) is 3.94. The first kappa shape index (κ1) is 13.6. The van der Waals surface area contributed by atoms with Gasteiger partial charge in [0.2, 0.25) is 0 Å². The lowest BCUT2D eigenvalue weighted by Gasteiger charge is -2.18. The van der Waals surface area contributed by atoms with E-state index in [4.69, 9.17) is 4.74 Å². The van der Waals surface area contributed by atoms with E-state index in [1.807, 2.05) is 17.9 Å². The van der Waals surface area contributed by atoms with E-state index in [9.17, 15) is 0 Å². The minimum atomic E-state index is 0.512. The van der Waals surface area contributed by atoms with E-state index in [-0.39, 0.29) is 0 Å². The van der Waals surface area contributed by atoms with Crippen LogP contribution in [0, 0.1) is 0 Å². The smallest absolute Gasteiger partial charge is 0.0576 e. The van der Waals surface area contributed by atoms with E-state index < -0.39 is 0 Å². The van der Waals surface area contributed by atoms with Gasteiger partial charge in [0.1, 0.15) is 0 Å². The number of ether oxygens (including phenoxy) is 1. The van der Waals surface area contributed by atoms with Crippen LogP contribution >= 0.6 is 0 Å². The maximum atomic E-state index is 5.68. The van der Waals surface area contributed by atoms with Crippen molar-refractivity contribution in [2.24, 2.45) is 7.05 Å². The first-order valence-electron chi connectivity index (χ1n) is 7.05. The summed E-state index contributed by atoms with van der Waals surface area (Å²) in [4.78, 5) is 0. The Morgan fingerprint density at radius 1 is 1.56 bits per heavy atom. The van der Waals surface area contributed by atoms with Crippen molar-refractivity contribution in [3.8, 4) is 0 Å². The van der Waals surface area contributed by atoms with Crippen LogP contribution in [0.4, 0.5) is 0 Å². The number of nitrogens with zero attached hydrogens (tertiary/aromatic N) is 2. The molecule has 0 spiro atoms. The summed E-state index contributed by atoms with van der Waals surface area (Å²) in [6, 6.07) is 2.69. The van der Waals surface area contributed by atoms with Gasteiger partial charge in [-0.05, 0) is 51.6 Å². The topological polar surface area (TPSA) is 39.1 Å². The predicted octanol–water partition coefficient (Wildman–Crippen LogP) is 1.90. The molecular formula is C14H25N3O. The van der Waals surface area contributed by atoms with Gasteiger partial charge in [0.05, 0.1) is 6.10 Å². The molecule has 1 saturated heterocycles. The van der Waals surface area contributed by atoms with Crippen LogP contribution in [0.25, 0.3) is 0 Å². The molecule has 4 nitrogen and oxygen atoms in total. The van der Waals surface area contributed by atoms with Gasteiger partial charge in [-0.15, -0.1) is 0 Å². The Kier molecular flexibility index (Phi) is 5.20. The normalized spacial score (nSPS) is 21.3. The van der Waals surface area contributed by atoms with Gasteiger partial charge in [-0.2, -0.15) is 5.10 Å². The van der Waals surface area contributed by atoms with Crippen LogP contribution in [-0.2, 0) is 18.2 Å². The highest BCUT2D eigenvalue weighted by Gasteiger charge is 2.17. The molecule has 102 valence electrons. The molecular weight excluding hydrogens is 226 g/mol. The molecule has 0 aromatic carbocycles. The van der Waals surface area contributed by atoms with Crippen molar-refractivity contribution < 1.29 is 4.74 Å². The lowest BCUT2D eigenvalue weighted by Crippen LogP contribution is -2.27. The molecule has 1 aromatic rings. The minimum absolute atomic E-state index is 0.512. The molecule has 0 aliphatic carbocycles. The monoisotopic (exact) mass is 251 g/mol. The third kappa shape index (κ3) is 3.82. The minimum Gasteiger partial charge on any atom is -0.378 e. The van der Waals surface area contributed by atoms with E-state index in [1.165, 1.54) is 37.8 Å². The lowest BCUT2D eigenvalue weighted by atomic mass is 10.0. The van der Waals surface area contributed by atoms with Gasteiger partial charge in [-0.1, -0.05) is 0 Å². The van der Waals surface area contributed by atoms with Gasteiger partial charge in [0, 0.05) is 31.6 Å². The summed E-state index contributed by atoms with van der Waals surface area (Å²) in [5, 5.41) is 7.63. The van der Waals surface area contributed by atoms with Crippen LogP contribution < -0.4 is 5.32 Å². The predicted molar refractivity (Wildman–Crippen MR) is 72.6 cm³/mol. The van der Waals surface area contributed by atoms with Crippen molar-refractivity contribution in [2.45, 2.75) is 50.7 Å². The van der Waals surface area contributed by atoms with E-state index in [0.717, 1.165) is 13.0 Å². The average Bonchev–Trinajstić information content (AvgIpc) is 3.01. The average molecular weight is 251 g/mol. The zero-order chi connectivity index (χ0) is 12.8. The van der Waals surface area contributed by atoms with E-state index in [2.05, 4.69) is 23.5 Å². The van der Waals surface area contributed by atoms with Crippen LogP contribution in [0.15, 0.2) is 12.3 Å². The second-order valence-electron chi connectivity index (χ2n) is 5.18. The van der Waals surface area contributed by atoms with Crippen molar-refractivity contribution in [3.05, 3.63) is 18.0 Å². The summed E-state index contributed by atoms with van der Waals surface area (Å²) in [6.07, 6.45) is 9.53. The number of hydrogen-bond donors (Lipinski definition) is 1. The van der Waals surface area contributed by atoms with Crippen molar-refractivity contribution in [2.75, 3.05) is 13.7 Å². The number of rotatable bonds is 7. The highest BCUT2D eigenvalue weighted by Crippen LogP contribution is 2.19.